The minimum Gasteiger partial charge on any atom is -0.497 e. The van der Waals surface area contributed by atoms with Gasteiger partial charge in [0.05, 0.1) is 12.0 Å². The van der Waals surface area contributed by atoms with Gasteiger partial charge in [-0.3, -0.25) is 9.59 Å². The second-order valence-electron chi connectivity index (χ2n) is 7.81. The van der Waals surface area contributed by atoms with Gasteiger partial charge in [0, 0.05) is 24.8 Å². The number of anilines is 1. The van der Waals surface area contributed by atoms with Gasteiger partial charge in [-0.05, 0) is 68.1 Å². The van der Waals surface area contributed by atoms with Gasteiger partial charge in [0.1, 0.15) is 5.75 Å². The van der Waals surface area contributed by atoms with E-state index in [1.165, 1.54) is 23.5 Å². The molecular formula is C23H29N3O5S. The van der Waals surface area contributed by atoms with Crippen LogP contribution in [0.3, 0.4) is 0 Å². The molecule has 0 saturated carbocycles. The maximum Gasteiger partial charge on any atom is 0.313 e. The van der Waals surface area contributed by atoms with E-state index in [1.54, 1.807) is 30.3 Å². The maximum absolute atomic E-state index is 13.2. The highest BCUT2D eigenvalue weighted by Gasteiger charge is 2.33. The number of ether oxygens (including phenoxy) is 1. The number of carbonyl (C=O) groups is 2. The van der Waals surface area contributed by atoms with Gasteiger partial charge >= 0.3 is 11.8 Å². The molecule has 1 atom stereocenters. The first-order chi connectivity index (χ1) is 15.3. The fourth-order valence-corrected chi connectivity index (χ4v) is 5.53. The number of benzene rings is 2. The number of hydrogen-bond acceptors (Lipinski definition) is 5. The summed E-state index contributed by atoms with van der Waals surface area (Å²) in [5.74, 6) is -0.903. The lowest BCUT2D eigenvalue weighted by Gasteiger charge is -2.34. The molecule has 1 aliphatic rings. The van der Waals surface area contributed by atoms with Gasteiger partial charge in [-0.1, -0.05) is 18.6 Å². The molecule has 1 unspecified atom stereocenters. The monoisotopic (exact) mass is 459 g/mol. The standard InChI is InChI=1S/C23H29N3O5S/c1-17-6-5-7-18(16-17)25-23(28)22(27)24-14-13-19-8-3-4-15-26(19)32(29,30)21-11-9-20(31-2)10-12-21/h5-7,9-12,16,19H,3-4,8,13-15H2,1-2H3,(H,24,27)(H,25,28). The lowest BCUT2D eigenvalue weighted by Crippen LogP contribution is -2.45. The highest BCUT2D eigenvalue weighted by atomic mass is 32.2. The molecule has 2 N–H and O–H groups in total. The zero-order chi connectivity index (χ0) is 23.1. The molecule has 2 aromatic carbocycles. The summed E-state index contributed by atoms with van der Waals surface area (Å²) in [6.07, 6.45) is 2.85. The molecule has 8 nitrogen and oxygen atoms in total. The van der Waals surface area contributed by atoms with Crippen molar-refractivity contribution in [2.24, 2.45) is 0 Å². The maximum atomic E-state index is 13.2. The van der Waals surface area contributed by atoms with E-state index in [0.717, 1.165) is 18.4 Å². The molecular weight excluding hydrogens is 430 g/mol. The first-order valence-corrected chi connectivity index (χ1v) is 12.1. The predicted octanol–water partition coefficient (Wildman–Crippen LogP) is 2.69. The molecule has 172 valence electrons. The summed E-state index contributed by atoms with van der Waals surface area (Å²) in [4.78, 5) is 24.5. The van der Waals surface area contributed by atoms with Crippen molar-refractivity contribution in [3.8, 4) is 5.75 Å². The van der Waals surface area contributed by atoms with Crippen molar-refractivity contribution in [3.05, 3.63) is 54.1 Å². The number of hydrogen-bond donors (Lipinski definition) is 2. The smallest absolute Gasteiger partial charge is 0.313 e. The number of nitrogens with zero attached hydrogens (tertiary/aromatic N) is 1. The molecule has 1 saturated heterocycles. The minimum absolute atomic E-state index is 0.208. The van der Waals surface area contributed by atoms with Crippen molar-refractivity contribution in [3.63, 3.8) is 0 Å². The molecule has 1 fully saturated rings. The van der Waals surface area contributed by atoms with Crippen LogP contribution in [0.15, 0.2) is 53.4 Å². The summed E-state index contributed by atoms with van der Waals surface area (Å²) < 4.78 is 33.0. The van der Waals surface area contributed by atoms with Crippen LogP contribution in [0.1, 0.15) is 31.2 Å². The van der Waals surface area contributed by atoms with Gasteiger partial charge in [0.25, 0.3) is 0 Å². The first-order valence-electron chi connectivity index (χ1n) is 10.6. The number of nitrogens with one attached hydrogen (secondary N) is 2. The van der Waals surface area contributed by atoms with Gasteiger partial charge in [-0.2, -0.15) is 4.31 Å². The Morgan fingerprint density at radius 1 is 1.09 bits per heavy atom. The molecule has 1 aliphatic heterocycles. The molecule has 1 heterocycles. The van der Waals surface area contributed by atoms with Gasteiger partial charge in [-0.25, -0.2) is 8.42 Å². The Hall–Kier alpha value is -2.91. The number of piperidine rings is 1. The molecule has 0 radical (unpaired) electrons. The summed E-state index contributed by atoms with van der Waals surface area (Å²) in [6, 6.07) is 13.3. The van der Waals surface area contributed by atoms with Crippen molar-refractivity contribution >= 4 is 27.5 Å². The molecule has 0 spiro atoms. The summed E-state index contributed by atoms with van der Waals surface area (Å²) >= 11 is 0. The largest absolute Gasteiger partial charge is 0.497 e. The zero-order valence-electron chi connectivity index (χ0n) is 18.3. The number of amides is 2. The van der Waals surface area contributed by atoms with E-state index in [1.807, 2.05) is 13.0 Å². The number of sulfonamides is 1. The summed E-state index contributed by atoms with van der Waals surface area (Å²) in [5, 5.41) is 5.17. The Morgan fingerprint density at radius 2 is 1.84 bits per heavy atom. The van der Waals surface area contributed by atoms with Crippen LogP contribution >= 0.6 is 0 Å². The van der Waals surface area contributed by atoms with E-state index in [9.17, 15) is 18.0 Å². The van der Waals surface area contributed by atoms with Crippen LogP contribution in [0.4, 0.5) is 5.69 Å². The lowest BCUT2D eigenvalue weighted by molar-refractivity contribution is -0.136. The molecule has 2 aromatic rings. The van der Waals surface area contributed by atoms with Crippen molar-refractivity contribution in [2.45, 2.75) is 43.5 Å². The average molecular weight is 460 g/mol. The number of carbonyl (C=O) groups excluding carboxylic acids is 2. The lowest BCUT2D eigenvalue weighted by atomic mass is 10.0. The SMILES string of the molecule is COc1ccc(S(=O)(=O)N2CCCCC2CCNC(=O)C(=O)Nc2cccc(C)c2)cc1. The fourth-order valence-electron chi connectivity index (χ4n) is 3.81. The van der Waals surface area contributed by atoms with Gasteiger partial charge < -0.3 is 15.4 Å². The van der Waals surface area contributed by atoms with Crippen molar-refractivity contribution < 1.29 is 22.7 Å². The Balaban J connectivity index is 1.57. The highest BCUT2D eigenvalue weighted by molar-refractivity contribution is 7.89. The van der Waals surface area contributed by atoms with Gasteiger partial charge in [0.15, 0.2) is 0 Å². The Kier molecular flexibility index (Phi) is 7.87. The van der Waals surface area contributed by atoms with Crippen LogP contribution in [-0.4, -0.2) is 50.8 Å². The van der Waals surface area contributed by atoms with Gasteiger partial charge in [-0.15, -0.1) is 0 Å². The second-order valence-corrected chi connectivity index (χ2v) is 9.70. The number of aryl methyl sites for hydroxylation is 1. The third-order valence-electron chi connectivity index (χ3n) is 5.48. The molecule has 9 heteroatoms. The summed E-state index contributed by atoms with van der Waals surface area (Å²) in [5.41, 5.74) is 1.52. The number of methoxy groups -OCH3 is 1. The normalized spacial score (nSPS) is 16.9. The average Bonchev–Trinajstić information content (AvgIpc) is 2.79. The third kappa shape index (κ3) is 5.86. The zero-order valence-corrected chi connectivity index (χ0v) is 19.2. The molecule has 0 aliphatic carbocycles. The van der Waals surface area contributed by atoms with E-state index in [2.05, 4.69) is 10.6 Å². The van der Waals surface area contributed by atoms with E-state index >= 15 is 0 Å². The third-order valence-corrected chi connectivity index (χ3v) is 7.45. The summed E-state index contributed by atoms with van der Waals surface area (Å²) in [7, 11) is -2.13. The van der Waals surface area contributed by atoms with Crippen molar-refractivity contribution in [1.82, 2.24) is 9.62 Å². The quantitative estimate of drug-likeness (QED) is 0.620. The molecule has 32 heavy (non-hydrogen) atoms. The predicted molar refractivity (Wildman–Crippen MR) is 122 cm³/mol. The molecule has 0 aromatic heterocycles. The molecule has 0 bridgehead atoms. The van der Waals surface area contributed by atoms with E-state index in [-0.39, 0.29) is 17.5 Å². The van der Waals surface area contributed by atoms with E-state index < -0.39 is 21.8 Å². The fraction of sp³-hybridized carbons (Fsp3) is 0.391. The van der Waals surface area contributed by atoms with Crippen LogP contribution in [0.2, 0.25) is 0 Å². The second kappa shape index (κ2) is 10.6. The Bertz CT molecular complexity index is 1050. The van der Waals surface area contributed by atoms with Gasteiger partial charge in [0.2, 0.25) is 10.0 Å². The minimum atomic E-state index is -3.66. The van der Waals surface area contributed by atoms with Crippen molar-refractivity contribution in [1.29, 1.82) is 0 Å². The topological polar surface area (TPSA) is 105 Å². The first kappa shape index (κ1) is 23.7. The van der Waals surface area contributed by atoms with E-state index in [4.69, 9.17) is 4.74 Å². The summed E-state index contributed by atoms with van der Waals surface area (Å²) in [6.45, 7) is 2.53. The van der Waals surface area contributed by atoms with Crippen LogP contribution in [-0.2, 0) is 19.6 Å². The molecule has 3 rings (SSSR count). The van der Waals surface area contributed by atoms with Crippen LogP contribution in [0.5, 0.6) is 5.75 Å². The highest BCUT2D eigenvalue weighted by Crippen LogP contribution is 2.27. The van der Waals surface area contributed by atoms with Crippen LogP contribution < -0.4 is 15.4 Å². The Labute approximate surface area is 189 Å². The van der Waals surface area contributed by atoms with E-state index in [0.29, 0.717) is 30.8 Å². The van der Waals surface area contributed by atoms with Crippen molar-refractivity contribution in [2.75, 3.05) is 25.5 Å². The Morgan fingerprint density at radius 3 is 2.53 bits per heavy atom. The molecule has 2 amide bonds. The van der Waals surface area contributed by atoms with Crippen LogP contribution in [0.25, 0.3) is 0 Å². The van der Waals surface area contributed by atoms with Crippen LogP contribution in [0, 0.1) is 6.92 Å². The number of rotatable bonds is 7.